The Kier molecular flexibility index (Phi) is 5.16. The minimum Gasteiger partial charge on any atom is -0.332 e. The van der Waals surface area contributed by atoms with Crippen molar-refractivity contribution in [2.24, 2.45) is 0 Å². The molecule has 0 aliphatic carbocycles. The van der Waals surface area contributed by atoms with Crippen LogP contribution in [0.3, 0.4) is 0 Å². The average molecular weight is 350 g/mol. The van der Waals surface area contributed by atoms with E-state index in [0.29, 0.717) is 22.4 Å². The van der Waals surface area contributed by atoms with E-state index in [1.807, 2.05) is 18.2 Å². The van der Waals surface area contributed by atoms with Gasteiger partial charge in [0.1, 0.15) is 5.82 Å². The van der Waals surface area contributed by atoms with Gasteiger partial charge in [0.05, 0.1) is 0 Å². The Hall–Kier alpha value is -3.05. The van der Waals surface area contributed by atoms with Crippen LogP contribution < -0.4 is 10.6 Å². The minimum absolute atomic E-state index is 0.151. The number of carbonyl (C=O) groups excluding carboxylic acids is 1. The fourth-order valence-corrected chi connectivity index (χ4v) is 2.63. The molecule has 3 aromatic carbocycles. The first-order chi connectivity index (χ1) is 12.1. The summed E-state index contributed by atoms with van der Waals surface area (Å²) < 4.78 is 14.1. The van der Waals surface area contributed by atoms with E-state index in [9.17, 15) is 9.18 Å². The highest BCUT2D eigenvalue weighted by molar-refractivity contribution is 7.80. The molecule has 25 heavy (non-hydrogen) atoms. The quantitative estimate of drug-likeness (QED) is 0.677. The predicted molar refractivity (Wildman–Crippen MR) is 102 cm³/mol. The predicted octanol–water partition coefficient (Wildman–Crippen LogP) is 4.62. The average Bonchev–Trinajstić information content (AvgIpc) is 2.63. The van der Waals surface area contributed by atoms with Gasteiger partial charge >= 0.3 is 0 Å². The SMILES string of the molecule is O=C(NC(=S)Nc1ccccc1-c1ccccc1F)c1ccccc1. The number of hydrogen-bond acceptors (Lipinski definition) is 2. The van der Waals surface area contributed by atoms with Gasteiger partial charge in [-0.1, -0.05) is 54.6 Å². The molecule has 124 valence electrons. The van der Waals surface area contributed by atoms with Crippen molar-refractivity contribution >= 4 is 28.9 Å². The van der Waals surface area contributed by atoms with Gasteiger partial charge in [0.2, 0.25) is 0 Å². The smallest absolute Gasteiger partial charge is 0.257 e. The minimum atomic E-state index is -0.323. The largest absolute Gasteiger partial charge is 0.332 e. The van der Waals surface area contributed by atoms with E-state index in [-0.39, 0.29) is 16.8 Å². The van der Waals surface area contributed by atoms with E-state index < -0.39 is 0 Å². The molecule has 2 N–H and O–H groups in total. The molecule has 3 aromatic rings. The highest BCUT2D eigenvalue weighted by atomic mass is 32.1. The maximum absolute atomic E-state index is 14.1. The molecule has 0 aliphatic heterocycles. The maximum atomic E-state index is 14.1. The van der Waals surface area contributed by atoms with Crippen LogP contribution in [-0.2, 0) is 0 Å². The Morgan fingerprint density at radius 2 is 1.40 bits per heavy atom. The molecule has 0 atom stereocenters. The molecule has 0 spiro atoms. The topological polar surface area (TPSA) is 41.1 Å². The zero-order chi connectivity index (χ0) is 17.6. The van der Waals surface area contributed by atoms with Gasteiger partial charge in [0.25, 0.3) is 5.91 Å². The summed E-state index contributed by atoms with van der Waals surface area (Å²) in [4.78, 5) is 12.2. The van der Waals surface area contributed by atoms with Crippen molar-refractivity contribution in [2.45, 2.75) is 0 Å². The van der Waals surface area contributed by atoms with E-state index in [4.69, 9.17) is 12.2 Å². The van der Waals surface area contributed by atoms with Gasteiger partial charge in [-0.2, -0.15) is 0 Å². The van der Waals surface area contributed by atoms with E-state index >= 15 is 0 Å². The van der Waals surface area contributed by atoms with Crippen LogP contribution >= 0.6 is 12.2 Å². The lowest BCUT2D eigenvalue weighted by atomic mass is 10.0. The van der Waals surface area contributed by atoms with Crippen LogP contribution in [0.15, 0.2) is 78.9 Å². The lowest BCUT2D eigenvalue weighted by Gasteiger charge is -2.14. The number of anilines is 1. The summed E-state index contributed by atoms with van der Waals surface area (Å²) in [6, 6.07) is 22.5. The molecule has 0 fully saturated rings. The summed E-state index contributed by atoms with van der Waals surface area (Å²) in [7, 11) is 0. The Morgan fingerprint density at radius 1 is 0.800 bits per heavy atom. The molecule has 5 heteroatoms. The van der Waals surface area contributed by atoms with E-state index in [2.05, 4.69) is 10.6 Å². The zero-order valence-electron chi connectivity index (χ0n) is 13.2. The summed E-state index contributed by atoms with van der Waals surface area (Å²) in [5, 5.41) is 5.75. The van der Waals surface area contributed by atoms with Gasteiger partial charge in [0.15, 0.2) is 5.11 Å². The second kappa shape index (κ2) is 7.68. The normalized spacial score (nSPS) is 10.1. The maximum Gasteiger partial charge on any atom is 0.257 e. The first kappa shape index (κ1) is 16.8. The summed E-state index contributed by atoms with van der Waals surface area (Å²) in [6.45, 7) is 0. The number of benzene rings is 3. The van der Waals surface area contributed by atoms with Gasteiger partial charge in [-0.25, -0.2) is 4.39 Å². The third-order valence-electron chi connectivity index (χ3n) is 3.60. The fourth-order valence-electron chi connectivity index (χ4n) is 2.42. The summed E-state index contributed by atoms with van der Waals surface area (Å²) in [5.74, 6) is -0.627. The molecule has 0 saturated carbocycles. The van der Waals surface area contributed by atoms with Gasteiger partial charge in [0, 0.05) is 22.4 Å². The number of rotatable bonds is 3. The van der Waals surface area contributed by atoms with Crippen molar-refractivity contribution < 1.29 is 9.18 Å². The molecular formula is C20H15FN2OS. The lowest BCUT2D eigenvalue weighted by molar-refractivity contribution is 0.0977. The monoisotopic (exact) mass is 350 g/mol. The molecular weight excluding hydrogens is 335 g/mol. The third kappa shape index (κ3) is 4.08. The summed E-state index contributed by atoms with van der Waals surface area (Å²) in [6.07, 6.45) is 0. The number of carbonyl (C=O) groups is 1. The van der Waals surface area contributed by atoms with Crippen molar-refractivity contribution in [3.8, 4) is 11.1 Å². The Bertz CT molecular complexity index is 912. The standard InChI is InChI=1S/C20H15FN2OS/c21-17-12-6-4-10-15(17)16-11-5-7-13-18(16)22-20(25)23-19(24)14-8-2-1-3-9-14/h1-13H,(H2,22,23,24,25). The molecule has 3 rings (SSSR count). The second-order valence-corrected chi connectivity index (χ2v) is 5.71. The summed E-state index contributed by atoms with van der Waals surface area (Å²) in [5.41, 5.74) is 2.25. The number of halogens is 1. The van der Waals surface area contributed by atoms with Crippen molar-refractivity contribution in [1.82, 2.24) is 5.32 Å². The van der Waals surface area contributed by atoms with Crippen molar-refractivity contribution in [3.63, 3.8) is 0 Å². The van der Waals surface area contributed by atoms with Crippen LogP contribution in [0.4, 0.5) is 10.1 Å². The molecule has 0 saturated heterocycles. The number of hydrogen-bond donors (Lipinski definition) is 2. The van der Waals surface area contributed by atoms with E-state index in [1.165, 1.54) is 6.07 Å². The number of amides is 1. The van der Waals surface area contributed by atoms with Crippen LogP contribution in [0.2, 0.25) is 0 Å². The van der Waals surface area contributed by atoms with Gasteiger partial charge in [-0.3, -0.25) is 10.1 Å². The first-order valence-corrected chi connectivity index (χ1v) is 8.07. The third-order valence-corrected chi connectivity index (χ3v) is 3.81. The molecule has 3 nitrogen and oxygen atoms in total. The van der Waals surface area contributed by atoms with Crippen LogP contribution in [0, 0.1) is 5.82 Å². The second-order valence-electron chi connectivity index (χ2n) is 5.30. The number of thiocarbonyl (C=S) groups is 1. The van der Waals surface area contributed by atoms with Crippen molar-refractivity contribution in [2.75, 3.05) is 5.32 Å². The first-order valence-electron chi connectivity index (χ1n) is 7.66. The van der Waals surface area contributed by atoms with Crippen molar-refractivity contribution in [1.29, 1.82) is 0 Å². The van der Waals surface area contributed by atoms with Gasteiger partial charge < -0.3 is 5.32 Å². The molecule has 0 aromatic heterocycles. The van der Waals surface area contributed by atoms with Gasteiger partial charge in [-0.15, -0.1) is 0 Å². The highest BCUT2D eigenvalue weighted by Crippen LogP contribution is 2.29. The molecule has 0 bridgehead atoms. The molecule has 0 unspecified atom stereocenters. The molecule has 0 radical (unpaired) electrons. The van der Waals surface area contributed by atoms with Crippen LogP contribution in [0.5, 0.6) is 0 Å². The molecule has 0 aliphatic rings. The zero-order valence-corrected chi connectivity index (χ0v) is 14.0. The van der Waals surface area contributed by atoms with E-state index in [1.54, 1.807) is 54.6 Å². The Morgan fingerprint density at radius 3 is 2.12 bits per heavy atom. The van der Waals surface area contributed by atoms with Crippen LogP contribution in [0.25, 0.3) is 11.1 Å². The Labute approximate surface area is 150 Å². The summed E-state index contributed by atoms with van der Waals surface area (Å²) >= 11 is 5.22. The van der Waals surface area contributed by atoms with Crippen LogP contribution in [0.1, 0.15) is 10.4 Å². The molecule has 1 amide bonds. The number of para-hydroxylation sites is 1. The fraction of sp³-hybridized carbons (Fsp3) is 0. The number of nitrogens with one attached hydrogen (secondary N) is 2. The highest BCUT2D eigenvalue weighted by Gasteiger charge is 2.12. The Balaban J connectivity index is 1.79. The van der Waals surface area contributed by atoms with E-state index in [0.717, 1.165) is 0 Å². The van der Waals surface area contributed by atoms with Crippen molar-refractivity contribution in [3.05, 3.63) is 90.2 Å². The molecule has 0 heterocycles. The lowest BCUT2D eigenvalue weighted by Crippen LogP contribution is -2.34. The van der Waals surface area contributed by atoms with Crippen LogP contribution in [-0.4, -0.2) is 11.0 Å². The van der Waals surface area contributed by atoms with Gasteiger partial charge in [-0.05, 0) is 36.5 Å².